The molecule has 11 nitrogen and oxygen atoms in total. The number of likely N-dealkylation sites (tertiary alicyclic amines) is 2. The monoisotopic (exact) mass is 466 g/mol. The molecule has 34 heavy (non-hydrogen) atoms. The highest BCUT2D eigenvalue weighted by atomic mass is 16.5. The highest BCUT2D eigenvalue weighted by molar-refractivity contribution is 6.09. The van der Waals surface area contributed by atoms with Gasteiger partial charge in [-0.1, -0.05) is 18.2 Å². The summed E-state index contributed by atoms with van der Waals surface area (Å²) in [7, 11) is 0. The summed E-state index contributed by atoms with van der Waals surface area (Å²) in [6.45, 7) is 1.68. The van der Waals surface area contributed by atoms with Crippen LogP contribution in [0.25, 0.3) is 11.0 Å². The Morgan fingerprint density at radius 3 is 2.59 bits per heavy atom. The number of hydrogen-bond donors (Lipinski definition) is 4. The summed E-state index contributed by atoms with van der Waals surface area (Å²) in [5.41, 5.74) is -0.0986. The molecule has 2 aliphatic rings. The first-order valence-electron chi connectivity index (χ1n) is 11.2. The number of carbonyl (C=O) groups is 2. The van der Waals surface area contributed by atoms with E-state index in [1.54, 1.807) is 11.1 Å². The van der Waals surface area contributed by atoms with E-state index in [0.717, 1.165) is 5.75 Å². The maximum atomic E-state index is 13.2. The number of hydrogen-bond acceptors (Lipinski definition) is 7. The van der Waals surface area contributed by atoms with Gasteiger partial charge in [0.1, 0.15) is 29.6 Å². The number of ether oxygens (including phenoxy) is 1. The Hall–Kier alpha value is -3.86. The van der Waals surface area contributed by atoms with Crippen molar-refractivity contribution in [3.63, 3.8) is 0 Å². The second-order valence-electron chi connectivity index (χ2n) is 8.76. The second kappa shape index (κ2) is 8.82. The van der Waals surface area contributed by atoms with Gasteiger partial charge in [-0.3, -0.25) is 4.79 Å². The number of anilines is 1. The van der Waals surface area contributed by atoms with Crippen LogP contribution in [-0.4, -0.2) is 91.4 Å². The molecule has 0 unspecified atom stereocenters. The zero-order valence-corrected chi connectivity index (χ0v) is 18.5. The van der Waals surface area contributed by atoms with Gasteiger partial charge in [0, 0.05) is 25.8 Å². The Morgan fingerprint density at radius 1 is 1.15 bits per heavy atom. The predicted octanol–water partition coefficient (Wildman–Crippen LogP) is 1.78. The number of nitrogens with one attached hydrogen (secondary N) is 2. The number of amides is 2. The standard InChI is InChI=1S/C23H26N6O5/c30-21(29-11-16(12-29)34-15-4-2-1-3-5-15)17-10-24-19-18(17)20(27-14-26-19)25-13-23(33)6-8-28(9-7-23)22(31)32/h1-5,10,14,16,33H,6-9,11-13H2,(H,31,32)(H2,24,25,26,27). The number of carboxylic acid groups (broad SMARTS) is 1. The summed E-state index contributed by atoms with van der Waals surface area (Å²) >= 11 is 0. The lowest BCUT2D eigenvalue weighted by Crippen LogP contribution is -2.56. The number of benzene rings is 1. The van der Waals surface area contributed by atoms with Gasteiger partial charge in [-0.15, -0.1) is 0 Å². The van der Waals surface area contributed by atoms with Crippen LogP contribution in [-0.2, 0) is 0 Å². The first-order chi connectivity index (χ1) is 16.4. The SMILES string of the molecule is O=C(O)N1CCC(O)(CNc2ncnc3[nH]cc(C(=O)N4CC(Oc5ccccc5)C4)c23)CC1. The average molecular weight is 466 g/mol. The van der Waals surface area contributed by atoms with Gasteiger partial charge < -0.3 is 35.1 Å². The molecule has 11 heteroatoms. The highest BCUT2D eigenvalue weighted by Gasteiger charge is 2.36. The maximum Gasteiger partial charge on any atom is 0.407 e. The number of carbonyl (C=O) groups excluding carboxylic acids is 1. The van der Waals surface area contributed by atoms with E-state index in [0.29, 0.717) is 48.3 Å². The van der Waals surface area contributed by atoms with E-state index in [1.807, 2.05) is 30.3 Å². The van der Waals surface area contributed by atoms with Gasteiger partial charge in [-0.2, -0.15) is 0 Å². The average Bonchev–Trinajstić information content (AvgIpc) is 3.25. The van der Waals surface area contributed by atoms with Gasteiger partial charge >= 0.3 is 6.09 Å². The largest absolute Gasteiger partial charge is 0.487 e. The molecule has 0 atom stereocenters. The molecule has 2 amide bonds. The molecule has 2 aliphatic heterocycles. The topological polar surface area (TPSA) is 144 Å². The van der Waals surface area contributed by atoms with Crippen LogP contribution in [0.3, 0.4) is 0 Å². The molecule has 2 saturated heterocycles. The van der Waals surface area contributed by atoms with E-state index in [2.05, 4.69) is 20.3 Å². The zero-order valence-electron chi connectivity index (χ0n) is 18.5. The first-order valence-corrected chi connectivity index (χ1v) is 11.2. The van der Waals surface area contributed by atoms with Crippen molar-refractivity contribution in [1.29, 1.82) is 0 Å². The summed E-state index contributed by atoms with van der Waals surface area (Å²) in [5.74, 6) is 1.07. The van der Waals surface area contributed by atoms with Crippen LogP contribution >= 0.6 is 0 Å². The van der Waals surface area contributed by atoms with Crippen LogP contribution in [0.5, 0.6) is 5.75 Å². The molecular weight excluding hydrogens is 440 g/mol. The lowest BCUT2D eigenvalue weighted by Gasteiger charge is -2.39. The zero-order chi connectivity index (χ0) is 23.7. The van der Waals surface area contributed by atoms with Crippen LogP contribution in [0.15, 0.2) is 42.9 Å². The first kappa shape index (κ1) is 22.0. The van der Waals surface area contributed by atoms with Crippen molar-refractivity contribution in [3.05, 3.63) is 48.4 Å². The number of para-hydroxylation sites is 1. The smallest absolute Gasteiger partial charge is 0.407 e. The fourth-order valence-electron chi connectivity index (χ4n) is 4.35. The molecular formula is C23H26N6O5. The van der Waals surface area contributed by atoms with Crippen LogP contribution in [0.1, 0.15) is 23.2 Å². The van der Waals surface area contributed by atoms with Gasteiger partial charge in [0.15, 0.2) is 0 Å². The Morgan fingerprint density at radius 2 is 1.88 bits per heavy atom. The number of aliphatic hydroxyl groups is 1. The quantitative estimate of drug-likeness (QED) is 0.430. The fourth-order valence-corrected chi connectivity index (χ4v) is 4.35. The maximum absolute atomic E-state index is 13.2. The number of nitrogens with zero attached hydrogens (tertiary/aromatic N) is 4. The molecule has 0 aliphatic carbocycles. The van der Waals surface area contributed by atoms with Crippen LogP contribution in [0.4, 0.5) is 10.6 Å². The molecule has 3 aromatic rings. The fraction of sp³-hybridized carbons (Fsp3) is 0.391. The number of piperidine rings is 1. The summed E-state index contributed by atoms with van der Waals surface area (Å²) in [4.78, 5) is 38.9. The van der Waals surface area contributed by atoms with Gasteiger partial charge in [0.05, 0.1) is 29.6 Å². The molecule has 1 aromatic carbocycles. The number of rotatable bonds is 6. The van der Waals surface area contributed by atoms with Gasteiger partial charge in [0.2, 0.25) is 0 Å². The van der Waals surface area contributed by atoms with E-state index in [1.165, 1.54) is 11.2 Å². The van der Waals surface area contributed by atoms with E-state index in [4.69, 9.17) is 9.84 Å². The molecule has 4 N–H and O–H groups in total. The Balaban J connectivity index is 1.25. The summed E-state index contributed by atoms with van der Waals surface area (Å²) in [6.07, 6.45) is 2.60. The van der Waals surface area contributed by atoms with Gasteiger partial charge in [-0.05, 0) is 25.0 Å². The molecule has 4 heterocycles. The minimum atomic E-state index is -1.07. The van der Waals surface area contributed by atoms with Crippen LogP contribution in [0, 0.1) is 0 Å². The number of H-pyrrole nitrogens is 1. The molecule has 0 bridgehead atoms. The van der Waals surface area contributed by atoms with Crippen LogP contribution in [0.2, 0.25) is 0 Å². The van der Waals surface area contributed by atoms with E-state index < -0.39 is 11.7 Å². The molecule has 0 spiro atoms. The van der Waals surface area contributed by atoms with Crippen LogP contribution < -0.4 is 10.1 Å². The van der Waals surface area contributed by atoms with Crippen molar-refractivity contribution < 1.29 is 24.5 Å². The van der Waals surface area contributed by atoms with Crippen molar-refractivity contribution in [2.45, 2.75) is 24.5 Å². The third-order valence-electron chi connectivity index (χ3n) is 6.43. The molecule has 2 fully saturated rings. The lowest BCUT2D eigenvalue weighted by molar-refractivity contribution is -0.00592. The predicted molar refractivity (Wildman–Crippen MR) is 123 cm³/mol. The Labute approximate surface area is 195 Å². The van der Waals surface area contributed by atoms with Crippen molar-refractivity contribution >= 4 is 28.9 Å². The molecule has 2 aromatic heterocycles. The number of aromatic amines is 1. The summed E-state index contributed by atoms with van der Waals surface area (Å²) in [5, 5.41) is 23.7. The normalized spacial score (nSPS) is 17.9. The van der Waals surface area contributed by atoms with Crippen molar-refractivity contribution in [2.24, 2.45) is 0 Å². The minimum Gasteiger partial charge on any atom is -0.487 e. The summed E-state index contributed by atoms with van der Waals surface area (Å²) in [6, 6.07) is 9.51. The minimum absolute atomic E-state index is 0.0590. The third-order valence-corrected chi connectivity index (χ3v) is 6.43. The second-order valence-corrected chi connectivity index (χ2v) is 8.76. The van der Waals surface area contributed by atoms with Gasteiger partial charge in [-0.25, -0.2) is 14.8 Å². The van der Waals surface area contributed by atoms with E-state index in [-0.39, 0.29) is 31.6 Å². The molecule has 0 radical (unpaired) electrons. The summed E-state index contributed by atoms with van der Waals surface area (Å²) < 4.78 is 5.89. The molecule has 178 valence electrons. The Kier molecular flexibility index (Phi) is 5.70. The van der Waals surface area contributed by atoms with Crippen molar-refractivity contribution in [2.75, 3.05) is 38.0 Å². The van der Waals surface area contributed by atoms with Crippen molar-refractivity contribution in [3.8, 4) is 5.75 Å². The van der Waals surface area contributed by atoms with E-state index >= 15 is 0 Å². The molecule has 5 rings (SSSR count). The van der Waals surface area contributed by atoms with E-state index in [9.17, 15) is 14.7 Å². The number of aromatic nitrogens is 3. The van der Waals surface area contributed by atoms with Gasteiger partial charge in [0.25, 0.3) is 5.91 Å². The third kappa shape index (κ3) is 4.34. The van der Waals surface area contributed by atoms with Crippen molar-refractivity contribution in [1.82, 2.24) is 24.8 Å². The highest BCUT2D eigenvalue weighted by Crippen LogP contribution is 2.29. The lowest BCUT2D eigenvalue weighted by atomic mass is 9.91. The Bertz CT molecular complexity index is 1190. The number of fused-ring (bicyclic) bond motifs is 1. The molecule has 0 saturated carbocycles.